The number of aliphatic imine (C=N–C) groups is 1. The Morgan fingerprint density at radius 1 is 1.55 bits per heavy atom. The molecule has 2 aromatic heterocycles. The summed E-state index contributed by atoms with van der Waals surface area (Å²) in [7, 11) is 5.90. The van der Waals surface area contributed by atoms with Crippen LogP contribution in [0.3, 0.4) is 0 Å². The summed E-state index contributed by atoms with van der Waals surface area (Å²) in [5.74, 6) is 0.892. The second kappa shape index (κ2) is 9.51. The van der Waals surface area contributed by atoms with Gasteiger partial charge in [0.2, 0.25) is 0 Å². The number of aryl methyl sites for hydroxylation is 1. The third kappa shape index (κ3) is 5.54. The summed E-state index contributed by atoms with van der Waals surface area (Å²) in [5.41, 5.74) is 1.23. The topological polar surface area (TPSA) is 45.5 Å². The number of nitrogens with zero attached hydrogens (tertiary/aromatic N) is 4. The molecule has 0 aliphatic carbocycles. The fraction of sp³-hybridized carbons (Fsp3) is 0.429. The zero-order valence-electron chi connectivity index (χ0n) is 12.9. The van der Waals surface area contributed by atoms with Gasteiger partial charge < -0.3 is 14.8 Å². The van der Waals surface area contributed by atoms with Crippen LogP contribution in [-0.4, -0.2) is 41.1 Å². The Morgan fingerprint density at radius 2 is 2.32 bits per heavy atom. The summed E-state index contributed by atoms with van der Waals surface area (Å²) in [6, 6.07) is 2.12. The fourth-order valence-electron chi connectivity index (χ4n) is 2.08. The second-order valence-corrected chi connectivity index (χ2v) is 6.66. The molecule has 0 unspecified atom stereocenters. The number of halogens is 2. The standard InChI is InChI=1S/C14H20BrN5S.HI/c1-16-14(18-5-4-13-17-6-7-21-13)20(3)10-12-8-11(15)9-19(12)2;/h6-9H,4-5,10H2,1-3H3,(H,16,18);1H. The highest BCUT2D eigenvalue weighted by Gasteiger charge is 2.09. The minimum absolute atomic E-state index is 0. The first-order chi connectivity index (χ1) is 10.1. The third-order valence-electron chi connectivity index (χ3n) is 3.15. The minimum atomic E-state index is 0. The van der Waals surface area contributed by atoms with Gasteiger partial charge in [0.25, 0.3) is 0 Å². The molecule has 0 radical (unpaired) electrons. The molecule has 0 aliphatic rings. The number of aromatic nitrogens is 2. The van der Waals surface area contributed by atoms with Crippen LogP contribution in [0.25, 0.3) is 0 Å². The van der Waals surface area contributed by atoms with Crippen LogP contribution < -0.4 is 5.32 Å². The Hall–Kier alpha value is -0.610. The van der Waals surface area contributed by atoms with Gasteiger partial charge in [0, 0.05) is 62.0 Å². The van der Waals surface area contributed by atoms with Crippen molar-refractivity contribution in [3.63, 3.8) is 0 Å². The molecule has 22 heavy (non-hydrogen) atoms. The number of hydrogen-bond acceptors (Lipinski definition) is 3. The van der Waals surface area contributed by atoms with Gasteiger partial charge in [-0.25, -0.2) is 4.98 Å². The highest BCUT2D eigenvalue weighted by molar-refractivity contribution is 14.0. The van der Waals surface area contributed by atoms with E-state index in [0.29, 0.717) is 0 Å². The van der Waals surface area contributed by atoms with E-state index in [1.165, 1.54) is 5.69 Å². The van der Waals surface area contributed by atoms with Crippen LogP contribution in [-0.2, 0) is 20.0 Å². The van der Waals surface area contributed by atoms with Crippen molar-refractivity contribution >= 4 is 57.2 Å². The van der Waals surface area contributed by atoms with E-state index < -0.39 is 0 Å². The monoisotopic (exact) mass is 497 g/mol. The Kier molecular flexibility index (Phi) is 8.40. The molecule has 1 N–H and O–H groups in total. The predicted molar refractivity (Wildman–Crippen MR) is 107 cm³/mol. The number of nitrogens with one attached hydrogen (secondary N) is 1. The molecule has 0 amide bonds. The first-order valence-electron chi connectivity index (χ1n) is 6.71. The molecule has 0 aliphatic heterocycles. The maximum atomic E-state index is 4.33. The van der Waals surface area contributed by atoms with Crippen molar-refractivity contribution in [3.8, 4) is 0 Å². The lowest BCUT2D eigenvalue weighted by Crippen LogP contribution is -2.39. The largest absolute Gasteiger partial charge is 0.356 e. The van der Waals surface area contributed by atoms with E-state index in [9.17, 15) is 0 Å². The minimum Gasteiger partial charge on any atom is -0.356 e. The zero-order valence-corrected chi connectivity index (χ0v) is 17.6. The highest BCUT2D eigenvalue weighted by Crippen LogP contribution is 2.14. The van der Waals surface area contributed by atoms with E-state index in [1.807, 2.05) is 32.7 Å². The number of rotatable bonds is 5. The Labute approximate surface area is 161 Å². The molecule has 0 saturated carbocycles. The SMILES string of the molecule is CN=C(NCCc1nccs1)N(C)Cc1cc(Br)cn1C.I. The molecule has 0 spiro atoms. The molecule has 0 atom stereocenters. The molecule has 2 rings (SSSR count). The van der Waals surface area contributed by atoms with Crippen molar-refractivity contribution in [1.29, 1.82) is 0 Å². The summed E-state index contributed by atoms with van der Waals surface area (Å²) in [6.45, 7) is 1.64. The predicted octanol–water partition coefficient (Wildman–Crippen LogP) is 3.11. The molecule has 2 aromatic rings. The smallest absolute Gasteiger partial charge is 0.193 e. The molecule has 122 valence electrons. The molecule has 0 bridgehead atoms. The van der Waals surface area contributed by atoms with Crippen LogP contribution in [0.2, 0.25) is 0 Å². The van der Waals surface area contributed by atoms with Gasteiger partial charge in [-0.05, 0) is 22.0 Å². The third-order valence-corrected chi connectivity index (χ3v) is 4.43. The molecular formula is C14H21BrIN5S. The van der Waals surface area contributed by atoms with Gasteiger partial charge >= 0.3 is 0 Å². The van der Waals surface area contributed by atoms with Crippen LogP contribution in [0.4, 0.5) is 0 Å². The highest BCUT2D eigenvalue weighted by atomic mass is 127. The normalized spacial score (nSPS) is 11.2. The quantitative estimate of drug-likeness (QED) is 0.392. The van der Waals surface area contributed by atoms with Gasteiger partial charge in [0.15, 0.2) is 5.96 Å². The number of hydrogen-bond donors (Lipinski definition) is 1. The van der Waals surface area contributed by atoms with Gasteiger partial charge in [-0.3, -0.25) is 4.99 Å². The van der Waals surface area contributed by atoms with E-state index >= 15 is 0 Å². The van der Waals surface area contributed by atoms with Crippen LogP contribution >= 0.6 is 51.2 Å². The van der Waals surface area contributed by atoms with Crippen LogP contribution in [0.15, 0.2) is 33.3 Å². The van der Waals surface area contributed by atoms with Gasteiger partial charge in [-0.2, -0.15) is 0 Å². The van der Waals surface area contributed by atoms with E-state index in [-0.39, 0.29) is 24.0 Å². The number of guanidine groups is 1. The van der Waals surface area contributed by atoms with Gasteiger partial charge in [-0.15, -0.1) is 35.3 Å². The Balaban J connectivity index is 0.00000242. The van der Waals surface area contributed by atoms with Crippen molar-refractivity contribution in [2.24, 2.45) is 12.0 Å². The van der Waals surface area contributed by atoms with E-state index in [0.717, 1.165) is 35.0 Å². The van der Waals surface area contributed by atoms with Crippen LogP contribution in [0, 0.1) is 0 Å². The van der Waals surface area contributed by atoms with Crippen LogP contribution in [0.5, 0.6) is 0 Å². The van der Waals surface area contributed by atoms with E-state index in [1.54, 1.807) is 11.3 Å². The average molecular weight is 498 g/mol. The van der Waals surface area contributed by atoms with E-state index in [4.69, 9.17) is 0 Å². The molecule has 0 aromatic carbocycles. The van der Waals surface area contributed by atoms with Gasteiger partial charge in [0.1, 0.15) is 0 Å². The van der Waals surface area contributed by atoms with Crippen molar-refractivity contribution in [2.45, 2.75) is 13.0 Å². The van der Waals surface area contributed by atoms with Crippen molar-refractivity contribution < 1.29 is 0 Å². The number of thiazole rings is 1. The lowest BCUT2D eigenvalue weighted by Gasteiger charge is -2.22. The molecule has 2 heterocycles. The molecular weight excluding hydrogens is 477 g/mol. The molecule has 5 nitrogen and oxygen atoms in total. The van der Waals surface area contributed by atoms with E-state index in [2.05, 4.69) is 53.0 Å². The van der Waals surface area contributed by atoms with Crippen molar-refractivity contribution in [2.75, 3.05) is 20.6 Å². The fourth-order valence-corrected chi connectivity index (χ4v) is 3.28. The molecule has 8 heteroatoms. The zero-order chi connectivity index (χ0) is 15.2. The molecule has 0 saturated heterocycles. The lowest BCUT2D eigenvalue weighted by atomic mass is 10.4. The second-order valence-electron chi connectivity index (χ2n) is 4.77. The van der Waals surface area contributed by atoms with Gasteiger partial charge in [0.05, 0.1) is 11.6 Å². The van der Waals surface area contributed by atoms with Crippen molar-refractivity contribution in [3.05, 3.63) is 39.0 Å². The maximum absolute atomic E-state index is 4.33. The van der Waals surface area contributed by atoms with Gasteiger partial charge in [-0.1, -0.05) is 0 Å². The summed E-state index contributed by atoms with van der Waals surface area (Å²) < 4.78 is 3.21. The Morgan fingerprint density at radius 3 is 2.86 bits per heavy atom. The summed E-state index contributed by atoms with van der Waals surface area (Å²) in [5, 5.41) is 6.52. The average Bonchev–Trinajstić information content (AvgIpc) is 3.05. The Bertz CT molecular complexity index is 596. The van der Waals surface area contributed by atoms with Crippen molar-refractivity contribution in [1.82, 2.24) is 19.8 Å². The van der Waals surface area contributed by atoms with Crippen LogP contribution in [0.1, 0.15) is 10.7 Å². The first kappa shape index (κ1) is 19.4. The first-order valence-corrected chi connectivity index (χ1v) is 8.38. The lowest BCUT2D eigenvalue weighted by molar-refractivity contribution is 0.462. The summed E-state index contributed by atoms with van der Waals surface area (Å²) >= 11 is 5.18. The summed E-state index contributed by atoms with van der Waals surface area (Å²) in [6.07, 6.45) is 4.82. The molecule has 0 fully saturated rings. The maximum Gasteiger partial charge on any atom is 0.193 e. The summed E-state index contributed by atoms with van der Waals surface area (Å²) in [4.78, 5) is 10.7.